The summed E-state index contributed by atoms with van der Waals surface area (Å²) in [6.45, 7) is 7.17. The van der Waals surface area contributed by atoms with Crippen molar-refractivity contribution in [1.82, 2.24) is 9.80 Å². The number of hydrogen-bond acceptors (Lipinski definition) is 7. The largest absolute Gasteiger partial charge is 0.507 e. The van der Waals surface area contributed by atoms with Crippen molar-refractivity contribution >= 4 is 17.4 Å². The van der Waals surface area contributed by atoms with Crippen molar-refractivity contribution in [3.63, 3.8) is 0 Å². The summed E-state index contributed by atoms with van der Waals surface area (Å²) in [6, 6.07) is 11.2. The van der Waals surface area contributed by atoms with Gasteiger partial charge in [0, 0.05) is 12.1 Å². The van der Waals surface area contributed by atoms with Crippen molar-refractivity contribution in [2.75, 3.05) is 47.5 Å². The van der Waals surface area contributed by atoms with Crippen LogP contribution < -0.4 is 14.2 Å². The fourth-order valence-electron chi connectivity index (χ4n) is 4.39. The number of rotatable bonds is 11. The number of Topliss-reactive ketones (excluding diaryl/α,β-unsaturated/α-hetero) is 1. The number of nitrogens with zero attached hydrogens (tertiary/aromatic N) is 2. The van der Waals surface area contributed by atoms with E-state index in [2.05, 4.69) is 18.7 Å². The van der Waals surface area contributed by atoms with Crippen LogP contribution in [0.2, 0.25) is 0 Å². The van der Waals surface area contributed by atoms with E-state index < -0.39 is 17.7 Å². The highest BCUT2D eigenvalue weighted by Gasteiger charge is 2.46. The summed E-state index contributed by atoms with van der Waals surface area (Å²) in [5.74, 6) is 0.0697. The van der Waals surface area contributed by atoms with E-state index in [0.29, 0.717) is 41.3 Å². The van der Waals surface area contributed by atoms with Gasteiger partial charge < -0.3 is 29.1 Å². The van der Waals surface area contributed by atoms with E-state index in [4.69, 9.17) is 14.2 Å². The van der Waals surface area contributed by atoms with Crippen LogP contribution in [0.5, 0.6) is 17.2 Å². The molecule has 0 aromatic heterocycles. The minimum atomic E-state index is -0.756. The van der Waals surface area contributed by atoms with Crippen LogP contribution in [0.15, 0.2) is 48.0 Å². The normalized spacial score (nSPS) is 17.2. The monoisotopic (exact) mass is 482 g/mol. The molecule has 0 unspecified atom stereocenters. The number of aliphatic hydroxyl groups is 1. The van der Waals surface area contributed by atoms with Gasteiger partial charge in [0.2, 0.25) is 0 Å². The van der Waals surface area contributed by atoms with E-state index in [1.165, 1.54) is 7.11 Å². The van der Waals surface area contributed by atoms with E-state index in [-0.39, 0.29) is 11.3 Å². The summed E-state index contributed by atoms with van der Waals surface area (Å²) < 4.78 is 16.0. The van der Waals surface area contributed by atoms with Gasteiger partial charge in [0.25, 0.3) is 11.7 Å². The molecular weight excluding hydrogens is 448 g/mol. The Morgan fingerprint density at radius 3 is 2.17 bits per heavy atom. The molecule has 1 amide bonds. The fraction of sp³-hybridized carbons (Fsp3) is 0.407. The van der Waals surface area contributed by atoms with Gasteiger partial charge in [-0.2, -0.15) is 0 Å². The predicted molar refractivity (Wildman–Crippen MR) is 134 cm³/mol. The van der Waals surface area contributed by atoms with E-state index in [1.54, 1.807) is 61.6 Å². The number of aliphatic hydroxyl groups excluding tert-OH is 1. The van der Waals surface area contributed by atoms with Crippen LogP contribution >= 0.6 is 0 Å². The molecule has 8 heteroatoms. The number of benzene rings is 2. The lowest BCUT2D eigenvalue weighted by Gasteiger charge is -2.27. The van der Waals surface area contributed by atoms with Crippen LogP contribution in [-0.4, -0.2) is 74.1 Å². The minimum Gasteiger partial charge on any atom is -0.507 e. The van der Waals surface area contributed by atoms with Crippen LogP contribution in [0.25, 0.3) is 5.76 Å². The van der Waals surface area contributed by atoms with E-state index in [0.717, 1.165) is 19.6 Å². The molecule has 1 fully saturated rings. The van der Waals surface area contributed by atoms with E-state index in [1.807, 2.05) is 0 Å². The molecule has 1 aliphatic rings. The average Bonchev–Trinajstić information content (AvgIpc) is 3.15. The molecule has 1 heterocycles. The highest BCUT2D eigenvalue weighted by Crippen LogP contribution is 2.42. The molecule has 1 aliphatic heterocycles. The predicted octanol–water partition coefficient (Wildman–Crippen LogP) is 3.87. The summed E-state index contributed by atoms with van der Waals surface area (Å²) in [5.41, 5.74) is 1.13. The van der Waals surface area contributed by atoms with E-state index >= 15 is 0 Å². The number of hydrogen-bond donors (Lipinski definition) is 1. The zero-order chi connectivity index (χ0) is 25.5. The topological polar surface area (TPSA) is 88.5 Å². The van der Waals surface area contributed by atoms with Gasteiger partial charge in [-0.05, 0) is 68.0 Å². The van der Waals surface area contributed by atoms with Crippen LogP contribution in [-0.2, 0) is 9.59 Å². The quantitative estimate of drug-likeness (QED) is 0.296. The number of methoxy groups -OCH3 is 3. The zero-order valence-electron chi connectivity index (χ0n) is 21.0. The Bertz CT molecular complexity index is 1080. The Hall–Kier alpha value is -3.52. The second kappa shape index (κ2) is 11.8. The second-order valence-corrected chi connectivity index (χ2v) is 8.22. The number of ether oxygens (including phenoxy) is 3. The van der Waals surface area contributed by atoms with Gasteiger partial charge in [0.15, 0.2) is 11.5 Å². The van der Waals surface area contributed by atoms with E-state index in [9.17, 15) is 14.7 Å². The summed E-state index contributed by atoms with van der Waals surface area (Å²) in [4.78, 5) is 30.2. The Labute approximate surface area is 206 Å². The molecule has 2 aromatic rings. The Morgan fingerprint density at radius 2 is 1.60 bits per heavy atom. The lowest BCUT2D eigenvalue weighted by atomic mass is 9.95. The van der Waals surface area contributed by atoms with Gasteiger partial charge in [0.05, 0.1) is 32.9 Å². The first-order chi connectivity index (χ1) is 16.9. The molecule has 188 valence electrons. The van der Waals surface area contributed by atoms with Crippen molar-refractivity contribution in [3.8, 4) is 17.2 Å². The smallest absolute Gasteiger partial charge is 0.295 e. The third kappa shape index (κ3) is 5.43. The van der Waals surface area contributed by atoms with Crippen molar-refractivity contribution in [3.05, 3.63) is 59.2 Å². The number of amides is 1. The summed E-state index contributed by atoms with van der Waals surface area (Å²) >= 11 is 0. The molecule has 1 saturated heterocycles. The van der Waals surface area contributed by atoms with Gasteiger partial charge in [-0.15, -0.1) is 0 Å². The Kier molecular flexibility index (Phi) is 8.76. The molecule has 0 aliphatic carbocycles. The molecule has 3 rings (SSSR count). The highest BCUT2D eigenvalue weighted by molar-refractivity contribution is 6.46. The third-order valence-electron chi connectivity index (χ3n) is 6.39. The van der Waals surface area contributed by atoms with Gasteiger partial charge in [-0.25, -0.2) is 0 Å². The summed E-state index contributed by atoms with van der Waals surface area (Å²) in [7, 11) is 4.62. The molecule has 1 N–H and O–H groups in total. The van der Waals surface area contributed by atoms with Crippen LogP contribution in [0.4, 0.5) is 0 Å². The summed E-state index contributed by atoms with van der Waals surface area (Å²) in [5, 5.41) is 11.2. The van der Waals surface area contributed by atoms with Crippen molar-refractivity contribution in [1.29, 1.82) is 0 Å². The maximum atomic E-state index is 13.2. The second-order valence-electron chi connectivity index (χ2n) is 8.22. The lowest BCUT2D eigenvalue weighted by Crippen LogP contribution is -2.33. The summed E-state index contributed by atoms with van der Waals surface area (Å²) in [6.07, 6.45) is 0.696. The fourth-order valence-corrected chi connectivity index (χ4v) is 4.39. The lowest BCUT2D eigenvalue weighted by molar-refractivity contribution is -0.140. The molecular formula is C27H34N2O6. The average molecular weight is 483 g/mol. The van der Waals surface area contributed by atoms with Gasteiger partial charge in [-0.3, -0.25) is 9.59 Å². The molecule has 0 radical (unpaired) electrons. The van der Waals surface area contributed by atoms with Gasteiger partial charge in [0.1, 0.15) is 11.5 Å². The van der Waals surface area contributed by atoms with Crippen LogP contribution in [0.1, 0.15) is 37.4 Å². The zero-order valence-corrected chi connectivity index (χ0v) is 21.0. The first-order valence-electron chi connectivity index (χ1n) is 11.8. The van der Waals surface area contributed by atoms with Gasteiger partial charge in [-0.1, -0.05) is 19.9 Å². The molecule has 2 aromatic carbocycles. The molecule has 0 saturated carbocycles. The van der Waals surface area contributed by atoms with Crippen molar-refractivity contribution < 1.29 is 28.9 Å². The van der Waals surface area contributed by atoms with Crippen LogP contribution in [0, 0.1) is 0 Å². The molecule has 1 atom stereocenters. The third-order valence-corrected chi connectivity index (χ3v) is 6.39. The Balaban J connectivity index is 2.08. The maximum Gasteiger partial charge on any atom is 0.295 e. The highest BCUT2D eigenvalue weighted by atomic mass is 16.5. The van der Waals surface area contributed by atoms with Crippen molar-refractivity contribution in [2.45, 2.75) is 26.3 Å². The molecule has 35 heavy (non-hydrogen) atoms. The number of carbonyl (C=O) groups is 2. The maximum absolute atomic E-state index is 13.2. The van der Waals surface area contributed by atoms with Crippen molar-refractivity contribution in [2.24, 2.45) is 0 Å². The number of ketones is 1. The SMILES string of the molecule is CCN(CC)CCCN1C(=O)C(=O)/C(=C(/O)c2ccc(OC)cc2)[C@@H]1c1ccc(OC)c(OC)c1. The molecule has 0 bridgehead atoms. The molecule has 8 nitrogen and oxygen atoms in total. The first-order valence-corrected chi connectivity index (χ1v) is 11.8. The van der Waals surface area contributed by atoms with Gasteiger partial charge >= 0.3 is 0 Å². The first kappa shape index (κ1) is 26.1. The minimum absolute atomic E-state index is 0.0511. The number of likely N-dealkylation sites (tertiary alicyclic amines) is 1. The molecule has 0 spiro atoms. The Morgan fingerprint density at radius 1 is 0.943 bits per heavy atom. The number of carbonyl (C=O) groups excluding carboxylic acids is 2. The van der Waals surface area contributed by atoms with Crippen LogP contribution in [0.3, 0.4) is 0 Å². The standard InChI is InChI=1S/C27H34N2O6/c1-6-28(7-2)15-8-16-29-24(19-11-14-21(34-4)22(17-19)35-5)23(26(31)27(29)32)25(30)18-9-12-20(33-3)13-10-18/h9-14,17,24,30H,6-8,15-16H2,1-5H3/b25-23+/t24-/m0/s1.